The minimum Gasteiger partial charge on any atom is -0.457 e. The van der Waals surface area contributed by atoms with Gasteiger partial charge in [-0.05, 0) is 93.4 Å². The SMILES string of the molecule is [2H]c1c([2H])c([2H])c(N(c2c([2H])c([2H])c([2H])c([2H])c2[2H])c2cccc3c2sc2ccc(C(c4ccccc4)c4cccc5c4-c4ccccc4C54c5ccccc5Oc5ccccc54)cc23)c([2H])c1[2H]. The summed E-state index contributed by atoms with van der Waals surface area (Å²) in [6, 6.07) is 48.3. The number of benzene rings is 9. The monoisotopic (exact) mass is 781 g/mol. The first-order valence-corrected chi connectivity index (χ1v) is 20.3. The number of nitrogens with zero attached hydrogens (tertiary/aromatic N) is 1. The molecule has 1 aromatic heterocycles. The minimum atomic E-state index is -0.662. The second kappa shape index (κ2) is 13.4. The molecule has 59 heavy (non-hydrogen) atoms. The molecule has 0 saturated heterocycles. The molecular formula is C56H37NOS. The zero-order chi connectivity index (χ0) is 47.6. The van der Waals surface area contributed by atoms with E-state index >= 15 is 0 Å². The van der Waals surface area contributed by atoms with Crippen LogP contribution in [0.15, 0.2) is 218 Å². The maximum atomic E-state index is 9.07. The summed E-state index contributed by atoms with van der Waals surface area (Å²) in [5, 5.41) is 1.68. The van der Waals surface area contributed by atoms with Crippen LogP contribution in [0.1, 0.15) is 58.6 Å². The zero-order valence-electron chi connectivity index (χ0n) is 41.4. The van der Waals surface area contributed by atoms with Crippen molar-refractivity contribution in [3.05, 3.63) is 257 Å². The highest BCUT2D eigenvalue weighted by molar-refractivity contribution is 7.26. The largest absolute Gasteiger partial charge is 0.457 e. The molecule has 2 aliphatic rings. The Balaban J connectivity index is 1.11. The van der Waals surface area contributed by atoms with Gasteiger partial charge in [-0.1, -0.05) is 164 Å². The highest BCUT2D eigenvalue weighted by atomic mass is 32.1. The summed E-state index contributed by atoms with van der Waals surface area (Å²) in [6.07, 6.45) is 0. The minimum absolute atomic E-state index is 0.258. The third kappa shape index (κ3) is 5.05. The Morgan fingerprint density at radius 1 is 0.508 bits per heavy atom. The quantitative estimate of drug-likeness (QED) is 0.156. The van der Waals surface area contributed by atoms with Crippen LogP contribution in [0, 0.1) is 0 Å². The molecule has 0 amide bonds. The van der Waals surface area contributed by atoms with E-state index in [-0.39, 0.29) is 17.3 Å². The predicted molar refractivity (Wildman–Crippen MR) is 245 cm³/mol. The van der Waals surface area contributed by atoms with Crippen molar-refractivity contribution < 1.29 is 18.4 Å². The van der Waals surface area contributed by atoms with Gasteiger partial charge in [0.25, 0.3) is 0 Å². The molecule has 0 saturated carbocycles. The summed E-state index contributed by atoms with van der Waals surface area (Å²) in [6.45, 7) is 0. The van der Waals surface area contributed by atoms with E-state index < -0.39 is 65.8 Å². The Hall–Kier alpha value is -7.20. The summed E-state index contributed by atoms with van der Waals surface area (Å²) in [4.78, 5) is 1.25. The van der Waals surface area contributed by atoms with Gasteiger partial charge in [0.05, 0.1) is 29.5 Å². The van der Waals surface area contributed by atoms with Crippen molar-refractivity contribution >= 4 is 48.6 Å². The molecule has 0 N–H and O–H groups in total. The third-order valence-electron chi connectivity index (χ3n) is 11.8. The molecule has 2 nitrogen and oxygen atoms in total. The van der Waals surface area contributed by atoms with Crippen molar-refractivity contribution in [2.24, 2.45) is 0 Å². The summed E-state index contributed by atoms with van der Waals surface area (Å²) >= 11 is 1.42. The first-order valence-electron chi connectivity index (χ1n) is 24.5. The smallest absolute Gasteiger partial charge is 0.132 e. The molecule has 3 heteroatoms. The lowest BCUT2D eigenvalue weighted by atomic mass is 9.66. The fraction of sp³-hybridized carbons (Fsp3) is 0.0357. The number of ether oxygens (including phenoxy) is 1. The third-order valence-corrected chi connectivity index (χ3v) is 13.1. The molecule has 0 radical (unpaired) electrons. The number of para-hydroxylation sites is 4. The zero-order valence-corrected chi connectivity index (χ0v) is 32.2. The van der Waals surface area contributed by atoms with Crippen LogP contribution < -0.4 is 9.64 Å². The summed E-state index contributed by atoms with van der Waals surface area (Å²) < 4.78 is 95.6. The van der Waals surface area contributed by atoms with Gasteiger partial charge in [0, 0.05) is 43.9 Å². The second-order valence-corrected chi connectivity index (χ2v) is 15.8. The number of hydrogen-bond acceptors (Lipinski definition) is 3. The van der Waals surface area contributed by atoms with E-state index in [2.05, 4.69) is 109 Å². The highest BCUT2D eigenvalue weighted by Crippen LogP contribution is 2.63. The number of anilines is 3. The van der Waals surface area contributed by atoms with Crippen LogP contribution in [0.25, 0.3) is 31.3 Å². The topological polar surface area (TPSA) is 12.5 Å². The lowest BCUT2D eigenvalue weighted by Crippen LogP contribution is -2.32. The van der Waals surface area contributed by atoms with Gasteiger partial charge in [0.15, 0.2) is 0 Å². The summed E-state index contributed by atoms with van der Waals surface area (Å²) in [5.41, 5.74) is 8.99. The van der Waals surface area contributed by atoms with Crippen LogP contribution in [0.2, 0.25) is 0 Å². The molecule has 10 aromatic rings. The first kappa shape index (κ1) is 25.2. The van der Waals surface area contributed by atoms with E-state index in [0.29, 0.717) is 10.4 Å². The first-order chi connectivity index (χ1) is 33.4. The van der Waals surface area contributed by atoms with Crippen molar-refractivity contribution in [2.75, 3.05) is 4.90 Å². The van der Waals surface area contributed by atoms with E-state index in [0.717, 1.165) is 71.5 Å². The van der Waals surface area contributed by atoms with Gasteiger partial charge in [-0.3, -0.25) is 0 Å². The number of rotatable bonds is 6. The standard InChI is InChI=1S/C56H37NOS/c1-4-18-37(19-5-1)53(38-34-35-52-44(36-38)41-25-17-31-49(55(41)59-52)57(39-20-6-2-7-21-39)40-22-8-3-9-23-40)43-26-16-30-48-54(43)42-24-10-11-27-45(42)56(48)46-28-12-14-32-50(46)58-51-33-15-13-29-47(51)56/h1-36,53H/i2D,3D,6D,7D,8D,9D,20D,21D,22D,23D. The van der Waals surface area contributed by atoms with Crippen molar-refractivity contribution in [1.29, 1.82) is 0 Å². The fourth-order valence-corrected chi connectivity index (χ4v) is 10.8. The molecule has 278 valence electrons. The van der Waals surface area contributed by atoms with E-state index in [1.165, 1.54) is 21.8 Å². The van der Waals surface area contributed by atoms with Gasteiger partial charge in [-0.25, -0.2) is 0 Å². The Morgan fingerprint density at radius 3 is 1.83 bits per heavy atom. The van der Waals surface area contributed by atoms with E-state index in [1.54, 1.807) is 12.1 Å². The average molecular weight is 782 g/mol. The van der Waals surface area contributed by atoms with E-state index in [1.807, 2.05) is 36.4 Å². The Labute approximate surface area is 361 Å². The van der Waals surface area contributed by atoms with Gasteiger partial charge >= 0.3 is 0 Å². The molecule has 1 aliphatic heterocycles. The van der Waals surface area contributed by atoms with Crippen LogP contribution in [0.4, 0.5) is 17.1 Å². The van der Waals surface area contributed by atoms with Gasteiger partial charge in [0.1, 0.15) is 11.5 Å². The molecular weight excluding hydrogens is 735 g/mol. The van der Waals surface area contributed by atoms with Gasteiger partial charge in [0.2, 0.25) is 0 Å². The summed E-state index contributed by atoms with van der Waals surface area (Å²) in [5.74, 6) is 1.37. The molecule has 1 atom stereocenters. The molecule has 1 spiro atoms. The van der Waals surface area contributed by atoms with E-state index in [9.17, 15) is 0 Å². The van der Waals surface area contributed by atoms with Crippen LogP contribution in [-0.4, -0.2) is 0 Å². The fourth-order valence-electron chi connectivity index (χ4n) is 9.59. The van der Waals surface area contributed by atoms with Crippen molar-refractivity contribution in [3.63, 3.8) is 0 Å². The van der Waals surface area contributed by atoms with Crippen LogP contribution >= 0.6 is 11.3 Å². The molecule has 0 bridgehead atoms. The molecule has 2 heterocycles. The summed E-state index contributed by atoms with van der Waals surface area (Å²) in [7, 11) is 0. The molecule has 0 fully saturated rings. The lowest BCUT2D eigenvalue weighted by Gasteiger charge is -2.39. The number of fused-ring (bicyclic) bond motifs is 12. The molecule has 1 aliphatic carbocycles. The number of thiophene rings is 1. The Bertz CT molecular complexity index is 3640. The second-order valence-electron chi connectivity index (χ2n) is 14.8. The van der Waals surface area contributed by atoms with Gasteiger partial charge in [-0.15, -0.1) is 11.3 Å². The van der Waals surface area contributed by atoms with Crippen molar-refractivity contribution in [2.45, 2.75) is 11.3 Å². The van der Waals surface area contributed by atoms with Crippen LogP contribution in [0.3, 0.4) is 0 Å². The van der Waals surface area contributed by atoms with Crippen molar-refractivity contribution in [3.8, 4) is 22.6 Å². The molecule has 12 rings (SSSR count). The van der Waals surface area contributed by atoms with Gasteiger partial charge < -0.3 is 9.64 Å². The van der Waals surface area contributed by atoms with Crippen molar-refractivity contribution in [1.82, 2.24) is 0 Å². The molecule has 1 unspecified atom stereocenters. The maximum Gasteiger partial charge on any atom is 0.132 e. The maximum absolute atomic E-state index is 9.07. The van der Waals surface area contributed by atoms with E-state index in [4.69, 9.17) is 18.4 Å². The number of hydrogen-bond donors (Lipinski definition) is 0. The average Bonchev–Trinajstić information content (AvgIpc) is 3.90. The Kier molecular flexibility index (Phi) is 5.75. The van der Waals surface area contributed by atoms with Crippen LogP contribution in [-0.2, 0) is 5.41 Å². The van der Waals surface area contributed by atoms with Gasteiger partial charge in [-0.2, -0.15) is 0 Å². The Morgan fingerprint density at radius 2 is 1.12 bits per heavy atom. The van der Waals surface area contributed by atoms with Crippen LogP contribution in [0.5, 0.6) is 11.5 Å². The normalized spacial score (nSPS) is 16.0. The lowest BCUT2D eigenvalue weighted by molar-refractivity contribution is 0.436. The molecule has 9 aromatic carbocycles. The predicted octanol–water partition coefficient (Wildman–Crippen LogP) is 15.2. The highest BCUT2D eigenvalue weighted by Gasteiger charge is 2.51.